The molecule has 1 saturated heterocycles. The van der Waals surface area contributed by atoms with Crippen LogP contribution in [0.15, 0.2) is 46.7 Å². The Morgan fingerprint density at radius 1 is 1.15 bits per heavy atom. The number of anilines is 1. The first-order valence-corrected chi connectivity index (χ1v) is 13.2. The molecular weight excluding hydrogens is 502 g/mol. The Labute approximate surface area is 206 Å². The lowest BCUT2D eigenvalue weighted by Crippen LogP contribution is -2.39. The van der Waals surface area contributed by atoms with Crippen molar-refractivity contribution in [3.05, 3.63) is 56.9 Å². The van der Waals surface area contributed by atoms with Crippen molar-refractivity contribution in [2.75, 3.05) is 32.2 Å². The fourth-order valence-electron chi connectivity index (χ4n) is 3.91. The molecule has 0 N–H and O–H groups in total. The van der Waals surface area contributed by atoms with Crippen molar-refractivity contribution in [3.63, 3.8) is 0 Å². The van der Waals surface area contributed by atoms with E-state index in [9.17, 15) is 18.5 Å². The minimum absolute atomic E-state index is 0.0799. The zero-order chi connectivity index (χ0) is 24.5. The number of methoxy groups -OCH3 is 2. The molecule has 9 nitrogen and oxygen atoms in total. The number of piperidine rings is 1. The van der Waals surface area contributed by atoms with Crippen LogP contribution in [0.4, 0.5) is 10.8 Å². The lowest BCUT2D eigenvalue weighted by molar-refractivity contribution is -0.384. The molecule has 0 spiro atoms. The number of nitro benzene ring substituents is 1. The third-order valence-electron chi connectivity index (χ3n) is 5.77. The van der Waals surface area contributed by atoms with Crippen LogP contribution in [0.1, 0.15) is 12.8 Å². The molecule has 2 aromatic carbocycles. The topological polar surface area (TPSA) is 112 Å². The highest BCUT2D eigenvalue weighted by Gasteiger charge is 2.33. The Bertz CT molecular complexity index is 1320. The van der Waals surface area contributed by atoms with Crippen LogP contribution in [0.25, 0.3) is 11.3 Å². The number of aromatic nitrogens is 1. The minimum atomic E-state index is -3.73. The quantitative estimate of drug-likeness (QED) is 0.319. The van der Waals surface area contributed by atoms with Crippen LogP contribution < -0.4 is 14.4 Å². The summed E-state index contributed by atoms with van der Waals surface area (Å²) in [5.74, 6) is 1.37. The number of halogens is 1. The third kappa shape index (κ3) is 4.68. The summed E-state index contributed by atoms with van der Waals surface area (Å²) < 4.78 is 37.0. The number of sulfone groups is 1. The molecule has 0 atom stereocenters. The van der Waals surface area contributed by atoms with Gasteiger partial charge < -0.3 is 14.4 Å². The van der Waals surface area contributed by atoms with Crippen LogP contribution >= 0.6 is 22.9 Å². The maximum atomic E-state index is 13.1. The van der Waals surface area contributed by atoms with Crippen molar-refractivity contribution in [1.82, 2.24) is 4.98 Å². The van der Waals surface area contributed by atoms with Gasteiger partial charge in [-0.3, -0.25) is 10.1 Å². The molecule has 1 fully saturated rings. The van der Waals surface area contributed by atoms with Crippen molar-refractivity contribution in [1.29, 1.82) is 0 Å². The smallest absolute Gasteiger partial charge is 0.289 e. The molecule has 1 aromatic heterocycles. The molecule has 34 heavy (non-hydrogen) atoms. The number of hydrogen-bond acceptors (Lipinski definition) is 9. The number of rotatable bonds is 7. The molecule has 0 unspecified atom stereocenters. The Hall–Kier alpha value is -2.89. The van der Waals surface area contributed by atoms with Crippen molar-refractivity contribution in [3.8, 4) is 22.8 Å². The molecule has 2 heterocycles. The van der Waals surface area contributed by atoms with E-state index in [0.717, 1.165) is 22.5 Å². The van der Waals surface area contributed by atoms with Crippen LogP contribution in [0.3, 0.4) is 0 Å². The van der Waals surface area contributed by atoms with Crippen LogP contribution in [-0.2, 0) is 9.84 Å². The molecule has 0 radical (unpaired) electrons. The Balaban J connectivity index is 1.50. The van der Waals surface area contributed by atoms with Crippen LogP contribution in [-0.4, -0.2) is 50.9 Å². The summed E-state index contributed by atoms with van der Waals surface area (Å²) in [4.78, 5) is 17.2. The van der Waals surface area contributed by atoms with Gasteiger partial charge in [-0.2, -0.15) is 0 Å². The summed E-state index contributed by atoms with van der Waals surface area (Å²) in [5.41, 5.74) is 1.15. The van der Waals surface area contributed by atoms with Gasteiger partial charge in [-0.15, -0.1) is 11.3 Å². The maximum absolute atomic E-state index is 13.1. The van der Waals surface area contributed by atoms with E-state index < -0.39 is 25.7 Å². The lowest BCUT2D eigenvalue weighted by Gasteiger charge is -2.31. The second-order valence-electron chi connectivity index (χ2n) is 7.68. The molecule has 180 valence electrons. The van der Waals surface area contributed by atoms with E-state index in [1.807, 2.05) is 23.6 Å². The van der Waals surface area contributed by atoms with E-state index >= 15 is 0 Å². The number of hydrogen-bond donors (Lipinski definition) is 0. The van der Waals surface area contributed by atoms with Crippen LogP contribution in [0.2, 0.25) is 5.02 Å². The van der Waals surface area contributed by atoms with E-state index in [2.05, 4.69) is 4.90 Å². The van der Waals surface area contributed by atoms with Gasteiger partial charge >= 0.3 is 0 Å². The largest absolute Gasteiger partial charge is 0.497 e. The van der Waals surface area contributed by atoms with Gasteiger partial charge in [-0.05, 0) is 43.2 Å². The molecule has 0 bridgehead atoms. The van der Waals surface area contributed by atoms with Gasteiger partial charge in [0.2, 0.25) is 0 Å². The SMILES string of the molecule is COc1ccc(OC)c(-c2csc(N3CCC(S(=O)(=O)c4ccc(Cl)c([N+](=O)[O-])c4)CC3)n2)c1. The predicted octanol–water partition coefficient (Wildman–Crippen LogP) is 4.83. The first-order chi connectivity index (χ1) is 16.2. The fourth-order valence-corrected chi connectivity index (χ4v) is 6.72. The summed E-state index contributed by atoms with van der Waals surface area (Å²) in [7, 11) is -0.540. The highest BCUT2D eigenvalue weighted by atomic mass is 35.5. The van der Waals surface area contributed by atoms with Gasteiger partial charge in [0.1, 0.15) is 16.5 Å². The van der Waals surface area contributed by atoms with E-state index in [4.69, 9.17) is 26.1 Å². The normalized spacial score (nSPS) is 14.7. The van der Waals surface area contributed by atoms with Crippen molar-refractivity contribution in [2.24, 2.45) is 0 Å². The molecule has 0 amide bonds. The zero-order valence-electron chi connectivity index (χ0n) is 18.4. The van der Waals surface area contributed by atoms with Crippen molar-refractivity contribution >= 4 is 43.6 Å². The summed E-state index contributed by atoms with van der Waals surface area (Å²) in [6, 6.07) is 9.12. The Morgan fingerprint density at radius 3 is 2.53 bits per heavy atom. The average Bonchev–Trinajstić information content (AvgIpc) is 3.34. The number of nitrogens with zero attached hydrogens (tertiary/aromatic N) is 3. The number of benzene rings is 2. The van der Waals surface area contributed by atoms with E-state index in [1.54, 1.807) is 14.2 Å². The second-order valence-corrected chi connectivity index (χ2v) is 11.2. The van der Waals surface area contributed by atoms with Gasteiger partial charge in [0.25, 0.3) is 5.69 Å². The molecule has 0 aliphatic carbocycles. The predicted molar refractivity (Wildman–Crippen MR) is 131 cm³/mol. The van der Waals surface area contributed by atoms with E-state index in [0.29, 0.717) is 37.4 Å². The second kappa shape index (κ2) is 9.77. The molecule has 4 rings (SSSR count). The highest BCUT2D eigenvalue weighted by molar-refractivity contribution is 7.92. The first kappa shape index (κ1) is 24.2. The van der Waals surface area contributed by atoms with Crippen molar-refractivity contribution < 1.29 is 22.8 Å². The van der Waals surface area contributed by atoms with Crippen LogP contribution in [0, 0.1) is 10.1 Å². The Morgan fingerprint density at radius 2 is 1.88 bits per heavy atom. The third-order valence-corrected chi connectivity index (χ3v) is 9.25. The van der Waals surface area contributed by atoms with Gasteiger partial charge in [0.05, 0.1) is 35.0 Å². The van der Waals surface area contributed by atoms with Gasteiger partial charge in [-0.25, -0.2) is 13.4 Å². The van der Waals surface area contributed by atoms with Gasteiger partial charge in [-0.1, -0.05) is 11.6 Å². The fraction of sp³-hybridized carbons (Fsp3) is 0.318. The van der Waals surface area contributed by atoms with Crippen LogP contribution in [0.5, 0.6) is 11.5 Å². The average molecular weight is 524 g/mol. The lowest BCUT2D eigenvalue weighted by atomic mass is 10.1. The minimum Gasteiger partial charge on any atom is -0.497 e. The first-order valence-electron chi connectivity index (χ1n) is 10.3. The summed E-state index contributed by atoms with van der Waals surface area (Å²) in [5, 5.41) is 13.2. The number of thiazole rings is 1. The molecular formula is C22H22ClN3O6S2. The summed E-state index contributed by atoms with van der Waals surface area (Å²) in [6.45, 7) is 1.00. The monoisotopic (exact) mass is 523 g/mol. The van der Waals surface area contributed by atoms with Gasteiger partial charge in [0.15, 0.2) is 15.0 Å². The van der Waals surface area contributed by atoms with Crippen molar-refractivity contribution in [2.45, 2.75) is 23.0 Å². The number of ether oxygens (including phenoxy) is 2. The zero-order valence-corrected chi connectivity index (χ0v) is 20.8. The number of nitro groups is 1. The molecule has 12 heteroatoms. The highest BCUT2D eigenvalue weighted by Crippen LogP contribution is 2.37. The Kier molecular flexibility index (Phi) is 6.96. The van der Waals surface area contributed by atoms with Gasteiger partial charge in [0, 0.05) is 30.1 Å². The summed E-state index contributed by atoms with van der Waals surface area (Å²) >= 11 is 7.31. The van der Waals surface area contributed by atoms with E-state index in [1.165, 1.54) is 23.5 Å². The molecule has 1 aliphatic heterocycles. The standard InChI is InChI=1S/C22H22ClN3O6S2/c1-31-14-3-6-21(32-2)17(11-14)19-13-33-22(24-19)25-9-7-15(8-10-25)34(29,30)16-4-5-18(23)20(12-16)26(27)28/h3-6,11-13,15H,7-10H2,1-2H3. The summed E-state index contributed by atoms with van der Waals surface area (Å²) in [6.07, 6.45) is 0.770. The molecule has 0 saturated carbocycles. The molecule has 1 aliphatic rings. The molecule has 3 aromatic rings. The maximum Gasteiger partial charge on any atom is 0.289 e. The van der Waals surface area contributed by atoms with E-state index in [-0.39, 0.29) is 9.92 Å².